The number of halogens is 1. The molecule has 0 aromatic heterocycles. The van der Waals surface area contributed by atoms with Crippen molar-refractivity contribution in [2.75, 3.05) is 25.5 Å². The molecule has 0 aliphatic rings. The number of nitrogens with one attached hydrogen (secondary N) is 1. The third-order valence-corrected chi connectivity index (χ3v) is 4.20. The highest BCUT2D eigenvalue weighted by Crippen LogP contribution is 2.25. The predicted molar refractivity (Wildman–Crippen MR) is 106 cm³/mol. The molecule has 148 valence electrons. The van der Waals surface area contributed by atoms with E-state index in [1.165, 1.54) is 24.1 Å². The van der Waals surface area contributed by atoms with Crippen molar-refractivity contribution >= 4 is 34.8 Å². The van der Waals surface area contributed by atoms with Crippen LogP contribution in [0.1, 0.15) is 23.7 Å². The molecule has 0 unspecified atom stereocenters. The molecule has 0 aliphatic carbocycles. The van der Waals surface area contributed by atoms with Gasteiger partial charge in [0.25, 0.3) is 11.6 Å². The maximum absolute atomic E-state index is 12.8. The van der Waals surface area contributed by atoms with Crippen LogP contribution in [0.15, 0.2) is 42.5 Å². The Morgan fingerprint density at radius 2 is 1.96 bits per heavy atom. The lowest BCUT2D eigenvalue weighted by atomic mass is 10.1. The van der Waals surface area contributed by atoms with Crippen LogP contribution < -0.4 is 10.1 Å². The van der Waals surface area contributed by atoms with Crippen molar-refractivity contribution < 1.29 is 19.2 Å². The minimum absolute atomic E-state index is 0.0366. The number of carbonyl (C=O) groups excluding carboxylic acids is 2. The van der Waals surface area contributed by atoms with Crippen molar-refractivity contribution in [3.8, 4) is 5.75 Å². The van der Waals surface area contributed by atoms with Gasteiger partial charge in [0.05, 0.1) is 28.3 Å². The van der Waals surface area contributed by atoms with Gasteiger partial charge in [0.2, 0.25) is 5.91 Å². The van der Waals surface area contributed by atoms with Crippen LogP contribution in [0.5, 0.6) is 5.75 Å². The molecular formula is C19H20ClN3O5. The number of nitrogens with zero attached hydrogens (tertiary/aromatic N) is 2. The van der Waals surface area contributed by atoms with Gasteiger partial charge in [-0.3, -0.25) is 19.7 Å². The fraction of sp³-hybridized carbons (Fsp3) is 0.263. The Balaban J connectivity index is 2.17. The van der Waals surface area contributed by atoms with Crippen LogP contribution in [0.4, 0.5) is 11.4 Å². The fourth-order valence-electron chi connectivity index (χ4n) is 2.59. The van der Waals surface area contributed by atoms with Gasteiger partial charge >= 0.3 is 0 Å². The first kappa shape index (κ1) is 21.2. The first-order chi connectivity index (χ1) is 13.4. The number of amides is 2. The van der Waals surface area contributed by atoms with Crippen molar-refractivity contribution in [3.05, 3.63) is 63.2 Å². The van der Waals surface area contributed by atoms with Crippen LogP contribution in [0, 0.1) is 10.1 Å². The van der Waals surface area contributed by atoms with E-state index in [1.54, 1.807) is 24.3 Å². The SMILES string of the molecule is CCCN(CC(=O)Nc1ccccc1OC)C(=O)c1ccc([N+](=O)[O-])cc1Cl. The molecular weight excluding hydrogens is 386 g/mol. The number of anilines is 1. The van der Waals surface area contributed by atoms with Crippen molar-refractivity contribution in [1.82, 2.24) is 4.90 Å². The monoisotopic (exact) mass is 405 g/mol. The summed E-state index contributed by atoms with van der Waals surface area (Å²) in [5, 5.41) is 13.5. The summed E-state index contributed by atoms with van der Waals surface area (Å²) in [6, 6.07) is 10.6. The average molecular weight is 406 g/mol. The molecule has 0 atom stereocenters. The van der Waals surface area contributed by atoms with Crippen LogP contribution >= 0.6 is 11.6 Å². The third-order valence-electron chi connectivity index (χ3n) is 3.89. The Kier molecular flexibility index (Phi) is 7.34. The molecule has 2 rings (SSSR count). The summed E-state index contributed by atoms with van der Waals surface area (Å²) in [6.45, 7) is 2.00. The molecule has 0 fully saturated rings. The number of para-hydroxylation sites is 2. The fourth-order valence-corrected chi connectivity index (χ4v) is 2.85. The van der Waals surface area contributed by atoms with Gasteiger partial charge in [-0.25, -0.2) is 0 Å². The summed E-state index contributed by atoms with van der Waals surface area (Å²) in [5.74, 6) is -0.371. The Bertz CT molecular complexity index is 888. The summed E-state index contributed by atoms with van der Waals surface area (Å²) in [4.78, 5) is 36.8. The normalized spacial score (nSPS) is 10.2. The summed E-state index contributed by atoms with van der Waals surface area (Å²) < 4.78 is 5.19. The largest absolute Gasteiger partial charge is 0.495 e. The summed E-state index contributed by atoms with van der Waals surface area (Å²) in [6.07, 6.45) is 0.623. The average Bonchev–Trinajstić information content (AvgIpc) is 2.67. The topological polar surface area (TPSA) is 102 Å². The molecule has 2 amide bonds. The summed E-state index contributed by atoms with van der Waals surface area (Å²) >= 11 is 6.05. The molecule has 0 heterocycles. The first-order valence-electron chi connectivity index (χ1n) is 8.53. The van der Waals surface area contributed by atoms with Gasteiger partial charge in [0, 0.05) is 18.7 Å². The van der Waals surface area contributed by atoms with E-state index < -0.39 is 16.7 Å². The molecule has 0 bridgehead atoms. The van der Waals surface area contributed by atoms with Gasteiger partial charge in [0.15, 0.2) is 0 Å². The summed E-state index contributed by atoms with van der Waals surface area (Å²) in [7, 11) is 1.49. The Hall–Kier alpha value is -3.13. The zero-order chi connectivity index (χ0) is 20.7. The Morgan fingerprint density at radius 3 is 2.57 bits per heavy atom. The van der Waals surface area contributed by atoms with E-state index in [2.05, 4.69) is 5.32 Å². The molecule has 28 heavy (non-hydrogen) atoms. The van der Waals surface area contributed by atoms with Crippen LogP contribution in [0.25, 0.3) is 0 Å². The predicted octanol–water partition coefficient (Wildman–Crippen LogP) is 3.75. The number of ether oxygens (including phenoxy) is 1. The maximum Gasteiger partial charge on any atom is 0.270 e. The zero-order valence-electron chi connectivity index (χ0n) is 15.5. The van der Waals surface area contributed by atoms with E-state index in [0.717, 1.165) is 6.07 Å². The van der Waals surface area contributed by atoms with E-state index in [0.29, 0.717) is 24.4 Å². The number of nitro groups is 1. The number of rotatable bonds is 8. The molecule has 0 saturated heterocycles. The number of nitro benzene ring substituents is 1. The van der Waals surface area contributed by atoms with E-state index in [-0.39, 0.29) is 22.8 Å². The molecule has 0 spiro atoms. The van der Waals surface area contributed by atoms with Crippen LogP contribution in [-0.2, 0) is 4.79 Å². The molecule has 2 aromatic rings. The molecule has 0 radical (unpaired) electrons. The summed E-state index contributed by atoms with van der Waals surface area (Å²) in [5.41, 5.74) is 0.385. The maximum atomic E-state index is 12.8. The molecule has 1 N–H and O–H groups in total. The number of hydrogen-bond acceptors (Lipinski definition) is 5. The minimum atomic E-state index is -0.593. The quantitative estimate of drug-likeness (QED) is 0.532. The minimum Gasteiger partial charge on any atom is -0.495 e. The highest BCUT2D eigenvalue weighted by Gasteiger charge is 2.22. The van der Waals surface area contributed by atoms with Gasteiger partial charge in [-0.15, -0.1) is 0 Å². The van der Waals surface area contributed by atoms with Crippen molar-refractivity contribution in [2.24, 2.45) is 0 Å². The number of carbonyl (C=O) groups is 2. The van der Waals surface area contributed by atoms with Crippen LogP contribution in [-0.4, -0.2) is 41.8 Å². The highest BCUT2D eigenvalue weighted by atomic mass is 35.5. The lowest BCUT2D eigenvalue weighted by molar-refractivity contribution is -0.384. The van der Waals surface area contributed by atoms with Crippen molar-refractivity contribution in [1.29, 1.82) is 0 Å². The van der Waals surface area contributed by atoms with Crippen LogP contribution in [0.2, 0.25) is 5.02 Å². The molecule has 8 nitrogen and oxygen atoms in total. The van der Waals surface area contributed by atoms with E-state index in [9.17, 15) is 19.7 Å². The molecule has 0 saturated carbocycles. The smallest absolute Gasteiger partial charge is 0.270 e. The van der Waals surface area contributed by atoms with Gasteiger partial charge in [-0.2, -0.15) is 0 Å². The molecule has 2 aromatic carbocycles. The van der Waals surface area contributed by atoms with Gasteiger partial charge in [-0.05, 0) is 24.6 Å². The zero-order valence-corrected chi connectivity index (χ0v) is 16.2. The lowest BCUT2D eigenvalue weighted by Crippen LogP contribution is -2.38. The molecule has 0 aliphatic heterocycles. The number of hydrogen-bond donors (Lipinski definition) is 1. The second-order valence-electron chi connectivity index (χ2n) is 5.90. The second kappa shape index (κ2) is 9.70. The lowest BCUT2D eigenvalue weighted by Gasteiger charge is -2.22. The Labute approximate surface area is 167 Å². The van der Waals surface area contributed by atoms with Gasteiger partial charge < -0.3 is 15.0 Å². The van der Waals surface area contributed by atoms with E-state index >= 15 is 0 Å². The van der Waals surface area contributed by atoms with Crippen molar-refractivity contribution in [2.45, 2.75) is 13.3 Å². The van der Waals surface area contributed by atoms with E-state index in [4.69, 9.17) is 16.3 Å². The van der Waals surface area contributed by atoms with Crippen molar-refractivity contribution in [3.63, 3.8) is 0 Å². The highest BCUT2D eigenvalue weighted by molar-refractivity contribution is 6.34. The van der Waals surface area contributed by atoms with E-state index in [1.807, 2.05) is 6.92 Å². The Morgan fingerprint density at radius 1 is 1.25 bits per heavy atom. The number of benzene rings is 2. The van der Waals surface area contributed by atoms with Gasteiger partial charge in [0.1, 0.15) is 12.3 Å². The van der Waals surface area contributed by atoms with Crippen LogP contribution in [0.3, 0.4) is 0 Å². The number of methoxy groups -OCH3 is 1. The number of non-ortho nitro benzene ring substituents is 1. The third kappa shape index (κ3) is 5.20. The molecule has 9 heteroatoms. The first-order valence-corrected chi connectivity index (χ1v) is 8.91. The standard InChI is InChI=1S/C19H20ClN3O5/c1-3-10-22(12-18(24)21-16-6-4-5-7-17(16)28-2)19(25)14-9-8-13(23(26)27)11-15(14)20/h4-9,11H,3,10,12H2,1-2H3,(H,21,24). The van der Waals surface area contributed by atoms with Gasteiger partial charge in [-0.1, -0.05) is 30.7 Å². The second-order valence-corrected chi connectivity index (χ2v) is 6.30.